The Bertz CT molecular complexity index is 3920. The molecule has 288 valence electrons. The molecule has 3 aromatic heterocycles. The first kappa shape index (κ1) is 34.5. The van der Waals surface area contributed by atoms with E-state index in [-0.39, 0.29) is 0 Å². The van der Waals surface area contributed by atoms with Crippen molar-refractivity contribution in [1.82, 2.24) is 24.1 Å². The minimum absolute atomic E-state index is 0.632. The molecule has 0 aliphatic heterocycles. The first-order chi connectivity index (χ1) is 30.7. The standard InChI is InChI=1S/C57H35N5/c1-2-15-38(16-3-1)55-58-56(60-57(59-55)42-26-25-36-13-4-5-17-40(36)33-42)39-27-30-43(31-28-39)61-50-22-10-9-21-46(50)49-35-48-41(34-53(49)61)18-12-24-52(48)62-51-23-11-8-20-45(51)47-32-29-37-14-6-7-19-44(37)54(47)62/h1-35H. The fourth-order valence-electron chi connectivity index (χ4n) is 9.62. The smallest absolute Gasteiger partial charge is 0.164 e. The summed E-state index contributed by atoms with van der Waals surface area (Å²) in [5.41, 5.74) is 9.80. The SMILES string of the molecule is c1ccc(-c2nc(-c3ccc(-n4c5ccccc5c5cc6c(-n7c8ccccc8c8ccc9ccccc9c87)cccc6cc54)cc3)nc(-c3ccc4ccccc4c3)n2)cc1. The molecule has 0 aliphatic carbocycles. The highest BCUT2D eigenvalue weighted by Crippen LogP contribution is 2.41. The molecule has 0 spiro atoms. The van der Waals surface area contributed by atoms with Crippen molar-refractivity contribution in [2.45, 2.75) is 0 Å². The molecule has 62 heavy (non-hydrogen) atoms. The number of fused-ring (bicyclic) bond motifs is 10. The van der Waals surface area contributed by atoms with Gasteiger partial charge in [-0.05, 0) is 82.2 Å². The van der Waals surface area contributed by atoms with Crippen molar-refractivity contribution in [3.63, 3.8) is 0 Å². The first-order valence-electron chi connectivity index (χ1n) is 21.0. The molecule has 13 rings (SSSR count). The lowest BCUT2D eigenvalue weighted by Gasteiger charge is -2.14. The number of nitrogens with zero attached hydrogens (tertiary/aromatic N) is 5. The van der Waals surface area contributed by atoms with Crippen LogP contribution in [-0.4, -0.2) is 24.1 Å². The Kier molecular flexibility index (Phi) is 7.54. The second-order valence-corrected chi connectivity index (χ2v) is 16.0. The van der Waals surface area contributed by atoms with Crippen LogP contribution >= 0.6 is 0 Å². The fraction of sp³-hybridized carbons (Fsp3) is 0. The maximum atomic E-state index is 5.09. The Hall–Kier alpha value is -8.41. The maximum absolute atomic E-state index is 5.09. The van der Waals surface area contributed by atoms with Crippen LogP contribution in [0.3, 0.4) is 0 Å². The molecule has 3 heterocycles. The van der Waals surface area contributed by atoms with Crippen molar-refractivity contribution in [1.29, 1.82) is 0 Å². The lowest BCUT2D eigenvalue weighted by Crippen LogP contribution is -2.00. The van der Waals surface area contributed by atoms with Gasteiger partial charge in [0.25, 0.3) is 0 Å². The van der Waals surface area contributed by atoms with E-state index in [4.69, 9.17) is 15.0 Å². The molecule has 5 nitrogen and oxygen atoms in total. The third-order valence-electron chi connectivity index (χ3n) is 12.5. The van der Waals surface area contributed by atoms with E-state index in [1.165, 1.54) is 65.2 Å². The third kappa shape index (κ3) is 5.32. The van der Waals surface area contributed by atoms with Crippen molar-refractivity contribution in [2.24, 2.45) is 0 Å². The van der Waals surface area contributed by atoms with E-state index < -0.39 is 0 Å². The monoisotopic (exact) mass is 789 g/mol. The fourth-order valence-corrected chi connectivity index (χ4v) is 9.62. The van der Waals surface area contributed by atoms with Gasteiger partial charge in [-0.25, -0.2) is 15.0 Å². The van der Waals surface area contributed by atoms with Crippen molar-refractivity contribution in [3.05, 3.63) is 212 Å². The summed E-state index contributed by atoms with van der Waals surface area (Å²) in [4.78, 5) is 15.1. The molecule has 0 unspecified atom stereocenters. The predicted octanol–water partition coefficient (Wildman–Crippen LogP) is 14.5. The van der Waals surface area contributed by atoms with Gasteiger partial charge in [-0.2, -0.15) is 0 Å². The van der Waals surface area contributed by atoms with Gasteiger partial charge in [0.2, 0.25) is 0 Å². The van der Waals surface area contributed by atoms with E-state index in [0.29, 0.717) is 17.5 Å². The van der Waals surface area contributed by atoms with E-state index in [0.717, 1.165) is 38.8 Å². The molecule has 0 fully saturated rings. The molecule has 5 heteroatoms. The molecule has 13 aromatic rings. The van der Waals surface area contributed by atoms with E-state index >= 15 is 0 Å². The van der Waals surface area contributed by atoms with Crippen LogP contribution in [0.25, 0.3) is 121 Å². The first-order valence-corrected chi connectivity index (χ1v) is 21.0. The highest BCUT2D eigenvalue weighted by molar-refractivity contribution is 6.20. The lowest BCUT2D eigenvalue weighted by molar-refractivity contribution is 1.07. The van der Waals surface area contributed by atoms with E-state index in [1.54, 1.807) is 0 Å². The topological polar surface area (TPSA) is 48.5 Å². The molecule has 0 radical (unpaired) electrons. The van der Waals surface area contributed by atoms with E-state index in [2.05, 4.69) is 191 Å². The van der Waals surface area contributed by atoms with E-state index in [1.807, 2.05) is 30.3 Å². The van der Waals surface area contributed by atoms with Gasteiger partial charge in [-0.1, -0.05) is 152 Å². The summed E-state index contributed by atoms with van der Waals surface area (Å²) in [6.07, 6.45) is 0. The zero-order valence-corrected chi connectivity index (χ0v) is 33.4. The third-order valence-corrected chi connectivity index (χ3v) is 12.5. The van der Waals surface area contributed by atoms with Gasteiger partial charge in [0.1, 0.15) is 0 Å². The van der Waals surface area contributed by atoms with Gasteiger partial charge in [-0.3, -0.25) is 0 Å². The molecule has 0 saturated heterocycles. The summed E-state index contributed by atoms with van der Waals surface area (Å²) in [7, 11) is 0. The average molecular weight is 790 g/mol. The van der Waals surface area contributed by atoms with Crippen LogP contribution in [0.4, 0.5) is 0 Å². The number of hydrogen-bond donors (Lipinski definition) is 0. The highest BCUT2D eigenvalue weighted by atomic mass is 15.0. The van der Waals surface area contributed by atoms with Crippen LogP contribution in [0.15, 0.2) is 212 Å². The van der Waals surface area contributed by atoms with Gasteiger partial charge >= 0.3 is 0 Å². The van der Waals surface area contributed by atoms with Crippen LogP contribution in [0.1, 0.15) is 0 Å². The van der Waals surface area contributed by atoms with Crippen molar-refractivity contribution < 1.29 is 0 Å². The summed E-state index contributed by atoms with van der Waals surface area (Å²) in [6, 6.07) is 75.8. The maximum Gasteiger partial charge on any atom is 0.164 e. The zero-order valence-electron chi connectivity index (χ0n) is 33.4. The second-order valence-electron chi connectivity index (χ2n) is 16.0. The molecular weight excluding hydrogens is 755 g/mol. The Labute approximate surface area is 356 Å². The van der Waals surface area contributed by atoms with Crippen LogP contribution in [0.5, 0.6) is 0 Å². The molecule has 0 atom stereocenters. The normalized spacial score (nSPS) is 11.9. The number of hydrogen-bond acceptors (Lipinski definition) is 3. The van der Waals surface area contributed by atoms with Crippen LogP contribution in [0.2, 0.25) is 0 Å². The summed E-state index contributed by atoms with van der Waals surface area (Å²) < 4.78 is 4.87. The Balaban J connectivity index is 0.976. The molecule has 0 aliphatic rings. The lowest BCUT2D eigenvalue weighted by atomic mass is 10.0. The van der Waals surface area contributed by atoms with E-state index in [9.17, 15) is 0 Å². The molecule has 0 amide bonds. The largest absolute Gasteiger partial charge is 0.309 e. The minimum Gasteiger partial charge on any atom is -0.309 e. The summed E-state index contributed by atoms with van der Waals surface area (Å²) in [6.45, 7) is 0. The molecule has 0 N–H and O–H groups in total. The molecule has 0 bridgehead atoms. The minimum atomic E-state index is 0.632. The van der Waals surface area contributed by atoms with Gasteiger partial charge < -0.3 is 9.13 Å². The van der Waals surface area contributed by atoms with Crippen molar-refractivity contribution in [2.75, 3.05) is 0 Å². The van der Waals surface area contributed by atoms with Crippen molar-refractivity contribution in [3.8, 4) is 45.5 Å². The summed E-state index contributed by atoms with van der Waals surface area (Å²) >= 11 is 0. The average Bonchev–Trinajstić information content (AvgIpc) is 3.86. The number of para-hydroxylation sites is 2. The quantitative estimate of drug-likeness (QED) is 0.174. The van der Waals surface area contributed by atoms with Crippen LogP contribution in [-0.2, 0) is 0 Å². The second kappa shape index (κ2) is 13.6. The van der Waals surface area contributed by atoms with Crippen molar-refractivity contribution >= 4 is 75.9 Å². The zero-order chi connectivity index (χ0) is 40.7. The predicted molar refractivity (Wildman–Crippen MR) is 257 cm³/mol. The Morgan fingerprint density at radius 3 is 1.61 bits per heavy atom. The number of rotatable bonds is 5. The van der Waals surface area contributed by atoms with Gasteiger partial charge in [0, 0.05) is 54.7 Å². The molecule has 10 aromatic carbocycles. The summed E-state index contributed by atoms with van der Waals surface area (Å²) in [5.74, 6) is 1.92. The van der Waals surface area contributed by atoms with Crippen LogP contribution < -0.4 is 0 Å². The Morgan fingerprint density at radius 1 is 0.274 bits per heavy atom. The van der Waals surface area contributed by atoms with Gasteiger partial charge in [-0.15, -0.1) is 0 Å². The molecule has 0 saturated carbocycles. The van der Waals surface area contributed by atoms with Crippen LogP contribution in [0, 0.1) is 0 Å². The Morgan fingerprint density at radius 2 is 0.839 bits per heavy atom. The highest BCUT2D eigenvalue weighted by Gasteiger charge is 2.20. The molecular formula is C57H35N5. The summed E-state index contributed by atoms with van der Waals surface area (Å²) in [5, 5.41) is 12.1. The number of benzene rings is 10. The number of aromatic nitrogens is 5. The van der Waals surface area contributed by atoms with Gasteiger partial charge in [0.15, 0.2) is 17.5 Å². The van der Waals surface area contributed by atoms with Gasteiger partial charge in [0.05, 0.1) is 27.8 Å².